The highest BCUT2D eigenvalue weighted by atomic mass is 32.2. The average molecular weight is 679 g/mol. The van der Waals surface area contributed by atoms with Crippen LogP contribution < -0.4 is 10.6 Å². The van der Waals surface area contributed by atoms with Crippen LogP contribution in [0.2, 0.25) is 0 Å². The molecule has 0 aliphatic carbocycles. The van der Waals surface area contributed by atoms with E-state index in [0.29, 0.717) is 0 Å². The summed E-state index contributed by atoms with van der Waals surface area (Å²) in [6, 6.07) is 39.5. The Morgan fingerprint density at radius 1 is 0.477 bits per heavy atom. The second-order valence-corrected chi connectivity index (χ2v) is 14.5. The minimum absolute atomic E-state index is 0.201. The summed E-state index contributed by atoms with van der Waals surface area (Å²) < 4.78 is 53.8. The van der Waals surface area contributed by atoms with Gasteiger partial charge in [-0.2, -0.15) is 16.8 Å². The van der Waals surface area contributed by atoms with Crippen LogP contribution in [0.15, 0.2) is 109 Å². The molecule has 2 unspecified atom stereocenters. The molecule has 4 aromatic rings. The van der Waals surface area contributed by atoms with Gasteiger partial charge < -0.3 is 0 Å². The quantitative estimate of drug-likeness (QED) is 0.137. The van der Waals surface area contributed by atoms with Crippen LogP contribution in [0.5, 0.6) is 0 Å². The van der Waals surface area contributed by atoms with E-state index < -0.39 is 20.2 Å². The van der Waals surface area contributed by atoms with Crippen molar-refractivity contribution in [2.75, 3.05) is 11.5 Å². The predicted octanol–water partition coefficient (Wildman–Crippen LogP) is 8.20. The molecule has 0 fully saturated rings. The Morgan fingerprint density at radius 2 is 0.727 bits per heavy atom. The van der Waals surface area contributed by atoms with Crippen molar-refractivity contribution in [3.8, 4) is 11.1 Å². The van der Waals surface area contributed by atoms with Crippen LogP contribution in [0.4, 0.5) is 0 Å². The average Bonchev–Trinajstić information content (AvgIpc) is 3.06. The lowest BCUT2D eigenvalue weighted by molar-refractivity contribution is 0.482. The fraction of sp³-hybridized carbons (Fsp3) is 0.294. The molecular weight excluding hydrogens is 630 g/mol. The van der Waals surface area contributed by atoms with Crippen LogP contribution in [0.25, 0.3) is 11.1 Å². The standard InChI is InChI=1S/C26H24P2.2C2H6O3S.2C2H6/c1-3-13-23(14-4-1)27-19-21-11-7-9-17-25(21)26-18-10-8-12-22(26)20-28-24-15-5-2-6-16-24;2*1-2-6(3,4)5;2*1-2/h1-18,27-28H,19-20H2;2*2H2,1H3,(H,3,4,5);2*1-2H3. The van der Waals surface area contributed by atoms with Crippen LogP contribution in [0.3, 0.4) is 0 Å². The lowest BCUT2D eigenvalue weighted by atomic mass is 9.97. The number of rotatable bonds is 9. The van der Waals surface area contributed by atoms with E-state index in [4.69, 9.17) is 9.11 Å². The highest BCUT2D eigenvalue weighted by molar-refractivity contribution is 7.85. The van der Waals surface area contributed by atoms with Crippen LogP contribution in [-0.2, 0) is 32.6 Å². The maximum absolute atomic E-state index is 9.56. The summed E-state index contributed by atoms with van der Waals surface area (Å²) in [6.45, 7) is 10.7. The summed E-state index contributed by atoms with van der Waals surface area (Å²) in [6.07, 6.45) is 2.19. The largest absolute Gasteiger partial charge is 0.286 e. The Balaban J connectivity index is 0.000000967. The maximum atomic E-state index is 9.56. The fourth-order valence-corrected chi connectivity index (χ4v) is 5.64. The van der Waals surface area contributed by atoms with Crippen LogP contribution in [0.1, 0.15) is 52.7 Å². The van der Waals surface area contributed by atoms with Crippen molar-refractivity contribution in [1.29, 1.82) is 0 Å². The summed E-state index contributed by atoms with van der Waals surface area (Å²) in [4.78, 5) is 0. The molecule has 242 valence electrons. The highest BCUT2D eigenvalue weighted by Crippen LogP contribution is 2.33. The van der Waals surface area contributed by atoms with Crippen LogP contribution in [-0.4, -0.2) is 37.4 Å². The predicted molar refractivity (Wildman–Crippen MR) is 195 cm³/mol. The smallest absolute Gasteiger partial charge is 0.264 e. The Morgan fingerprint density at radius 3 is 1.00 bits per heavy atom. The minimum Gasteiger partial charge on any atom is -0.286 e. The van der Waals surface area contributed by atoms with Crippen molar-refractivity contribution in [3.63, 3.8) is 0 Å². The molecular formula is C34H48O6P2S2. The Hall–Kier alpha value is -2.44. The topological polar surface area (TPSA) is 109 Å². The first-order valence-corrected chi connectivity index (χ1v) is 20.3. The third kappa shape index (κ3) is 19.1. The second-order valence-electron chi connectivity index (χ2n) is 8.49. The van der Waals surface area contributed by atoms with Gasteiger partial charge in [-0.15, -0.1) is 0 Å². The molecule has 0 aliphatic heterocycles. The Bertz CT molecular complexity index is 1400. The van der Waals surface area contributed by atoms with Crippen molar-refractivity contribution in [2.24, 2.45) is 0 Å². The van der Waals surface area contributed by atoms with Gasteiger partial charge in [-0.3, -0.25) is 9.11 Å². The third-order valence-electron chi connectivity index (χ3n) is 5.57. The minimum atomic E-state index is -3.66. The molecule has 0 saturated heterocycles. The van der Waals surface area contributed by atoms with Crippen molar-refractivity contribution in [1.82, 2.24) is 0 Å². The molecule has 0 saturated carbocycles. The number of hydrogen-bond acceptors (Lipinski definition) is 4. The molecule has 0 radical (unpaired) electrons. The van der Waals surface area contributed by atoms with Gasteiger partial charge in [0.15, 0.2) is 0 Å². The van der Waals surface area contributed by atoms with Crippen molar-refractivity contribution in [3.05, 3.63) is 120 Å². The molecule has 0 spiro atoms. The van der Waals surface area contributed by atoms with Gasteiger partial charge in [0, 0.05) is 0 Å². The number of benzene rings is 4. The first-order chi connectivity index (χ1) is 21.0. The van der Waals surface area contributed by atoms with Gasteiger partial charge in [-0.05, 0) is 59.0 Å². The molecule has 10 heteroatoms. The second kappa shape index (κ2) is 23.9. The van der Waals surface area contributed by atoms with Crippen LogP contribution in [0, 0.1) is 0 Å². The fourth-order valence-electron chi connectivity index (χ4n) is 3.38. The molecule has 2 atom stereocenters. The van der Waals surface area contributed by atoms with Gasteiger partial charge in [-0.1, -0.05) is 154 Å². The molecule has 0 heterocycles. The zero-order chi connectivity index (χ0) is 33.4. The van der Waals surface area contributed by atoms with E-state index in [1.54, 1.807) is 0 Å². The van der Waals surface area contributed by atoms with Gasteiger partial charge in [0.1, 0.15) is 0 Å². The molecule has 44 heavy (non-hydrogen) atoms. The zero-order valence-corrected chi connectivity index (χ0v) is 30.2. The van der Waals surface area contributed by atoms with Gasteiger partial charge in [0.05, 0.1) is 11.5 Å². The first kappa shape index (κ1) is 41.6. The van der Waals surface area contributed by atoms with E-state index in [2.05, 4.69) is 109 Å². The lowest BCUT2D eigenvalue weighted by Gasteiger charge is -2.14. The SMILES string of the molecule is CC.CC.CCS(=O)(=O)O.CCS(=O)(=O)O.c1ccc(PCc2ccccc2-c2ccccc2CPc2ccccc2)cc1. The number of hydrogen-bond donors (Lipinski definition) is 2. The summed E-state index contributed by atoms with van der Waals surface area (Å²) in [5.41, 5.74) is 5.67. The Kier molecular flexibility index (Phi) is 22.6. The van der Waals surface area contributed by atoms with Gasteiger partial charge in [0.25, 0.3) is 20.2 Å². The van der Waals surface area contributed by atoms with Crippen LogP contribution >= 0.6 is 17.2 Å². The summed E-state index contributed by atoms with van der Waals surface area (Å²) >= 11 is 0. The van der Waals surface area contributed by atoms with E-state index in [-0.39, 0.29) is 11.5 Å². The Labute approximate surface area is 269 Å². The first-order valence-electron chi connectivity index (χ1n) is 14.7. The van der Waals surface area contributed by atoms with E-state index in [9.17, 15) is 16.8 Å². The van der Waals surface area contributed by atoms with Gasteiger partial charge in [0.2, 0.25) is 0 Å². The molecule has 2 N–H and O–H groups in total. The molecule has 0 aromatic heterocycles. The van der Waals surface area contributed by atoms with Gasteiger partial charge >= 0.3 is 0 Å². The van der Waals surface area contributed by atoms with Crippen molar-refractivity contribution >= 4 is 48.0 Å². The van der Waals surface area contributed by atoms with Crippen molar-refractivity contribution < 1.29 is 25.9 Å². The van der Waals surface area contributed by atoms with E-state index in [0.717, 1.165) is 29.5 Å². The van der Waals surface area contributed by atoms with E-state index in [1.807, 2.05) is 27.7 Å². The van der Waals surface area contributed by atoms with Gasteiger partial charge in [-0.25, -0.2) is 0 Å². The summed E-state index contributed by atoms with van der Waals surface area (Å²) in [5, 5.41) is 2.85. The van der Waals surface area contributed by atoms with E-state index >= 15 is 0 Å². The van der Waals surface area contributed by atoms with Crippen molar-refractivity contribution in [2.45, 2.75) is 53.9 Å². The normalized spacial score (nSPS) is 10.8. The molecule has 0 aliphatic rings. The monoisotopic (exact) mass is 678 g/mol. The van der Waals surface area contributed by atoms with E-state index in [1.165, 1.54) is 46.7 Å². The molecule has 0 amide bonds. The lowest BCUT2D eigenvalue weighted by Crippen LogP contribution is -1.97. The summed E-state index contributed by atoms with van der Waals surface area (Å²) in [7, 11) is -5.72. The molecule has 4 rings (SSSR count). The summed E-state index contributed by atoms with van der Waals surface area (Å²) in [5.74, 6) is -0.403. The molecule has 4 aromatic carbocycles. The zero-order valence-electron chi connectivity index (χ0n) is 26.6. The third-order valence-corrected chi connectivity index (χ3v) is 9.63. The molecule has 0 bridgehead atoms. The molecule has 6 nitrogen and oxygen atoms in total. The highest BCUT2D eigenvalue weighted by Gasteiger charge is 2.09. The maximum Gasteiger partial charge on any atom is 0.264 e.